The number of rotatable bonds is 6. The number of aliphatic imine (C=N–C) groups is 1. The molecule has 1 aliphatic heterocycles. The molecule has 3 rings (SSSR count). The quantitative estimate of drug-likeness (QED) is 0.762. The van der Waals surface area contributed by atoms with E-state index in [2.05, 4.69) is 55.3 Å². The summed E-state index contributed by atoms with van der Waals surface area (Å²) in [6, 6.07) is 14.3. The maximum atomic E-state index is 12.4. The number of benzene rings is 2. The number of methoxy groups -OCH3 is 1. The van der Waals surface area contributed by atoms with Gasteiger partial charge in [-0.05, 0) is 54.2 Å². The van der Waals surface area contributed by atoms with Crippen LogP contribution in [0.3, 0.4) is 0 Å². The summed E-state index contributed by atoms with van der Waals surface area (Å²) in [5.74, 6) is 1.70. The zero-order valence-electron chi connectivity index (χ0n) is 16.4. The number of aryl methyl sites for hydroxylation is 2. The number of hydrogen-bond acceptors (Lipinski definition) is 3. The summed E-state index contributed by atoms with van der Waals surface area (Å²) < 4.78 is 5.45. The number of hydrogen-bond donors (Lipinski definition) is 1. The largest absolute Gasteiger partial charge is 0.496 e. The second kappa shape index (κ2) is 8.21. The molecule has 2 aromatic carbocycles. The Morgan fingerprint density at radius 1 is 1.15 bits per heavy atom. The van der Waals surface area contributed by atoms with Crippen molar-refractivity contribution < 1.29 is 9.53 Å². The van der Waals surface area contributed by atoms with Crippen LogP contribution >= 0.6 is 0 Å². The van der Waals surface area contributed by atoms with Gasteiger partial charge in [0.15, 0.2) is 0 Å². The molecule has 0 spiro atoms. The first-order chi connectivity index (χ1) is 13.0. The van der Waals surface area contributed by atoms with Crippen LogP contribution in [0.4, 0.5) is 0 Å². The van der Waals surface area contributed by atoms with E-state index in [1.165, 1.54) is 16.7 Å². The van der Waals surface area contributed by atoms with Gasteiger partial charge in [0.1, 0.15) is 17.3 Å². The molecule has 4 heteroatoms. The summed E-state index contributed by atoms with van der Waals surface area (Å²) in [6.07, 6.45) is 3.36. The molecule has 27 heavy (non-hydrogen) atoms. The summed E-state index contributed by atoms with van der Waals surface area (Å²) in [6.45, 7) is 6.38. The normalized spacial score (nSPS) is 15.2. The highest BCUT2D eigenvalue weighted by molar-refractivity contribution is 6.14. The van der Waals surface area contributed by atoms with Gasteiger partial charge in [0.2, 0.25) is 0 Å². The van der Waals surface area contributed by atoms with Gasteiger partial charge < -0.3 is 10.1 Å². The van der Waals surface area contributed by atoms with Crippen molar-refractivity contribution in [3.05, 3.63) is 70.4 Å². The molecule has 0 aliphatic carbocycles. The van der Waals surface area contributed by atoms with Gasteiger partial charge in [-0.15, -0.1) is 0 Å². The van der Waals surface area contributed by atoms with Crippen LogP contribution in [0.25, 0.3) is 6.08 Å². The number of amidine groups is 1. The zero-order valence-corrected chi connectivity index (χ0v) is 16.4. The molecule has 2 aromatic rings. The van der Waals surface area contributed by atoms with Crippen molar-refractivity contribution in [2.24, 2.45) is 4.99 Å². The molecule has 0 unspecified atom stereocenters. The van der Waals surface area contributed by atoms with Crippen LogP contribution in [0, 0.1) is 6.92 Å². The van der Waals surface area contributed by atoms with Crippen molar-refractivity contribution in [1.29, 1.82) is 0 Å². The van der Waals surface area contributed by atoms with Crippen LogP contribution in [0.15, 0.2) is 53.2 Å². The molecular formula is C23H26N2O2. The number of ether oxygens (including phenoxy) is 1. The van der Waals surface area contributed by atoms with Gasteiger partial charge in [0.05, 0.1) is 7.11 Å². The van der Waals surface area contributed by atoms with E-state index in [9.17, 15) is 4.79 Å². The Bertz CT molecular complexity index is 910. The predicted molar refractivity (Wildman–Crippen MR) is 110 cm³/mol. The Balaban J connectivity index is 1.81. The minimum absolute atomic E-state index is 0.160. The lowest BCUT2D eigenvalue weighted by Gasteiger charge is -2.10. The van der Waals surface area contributed by atoms with Gasteiger partial charge in [0.25, 0.3) is 5.91 Å². The van der Waals surface area contributed by atoms with E-state index in [0.717, 1.165) is 17.7 Å². The Morgan fingerprint density at radius 3 is 2.63 bits per heavy atom. The number of nitrogens with zero attached hydrogens (tertiary/aromatic N) is 1. The highest BCUT2D eigenvalue weighted by atomic mass is 16.5. The maximum Gasteiger partial charge on any atom is 0.275 e. The van der Waals surface area contributed by atoms with Gasteiger partial charge in [0, 0.05) is 12.0 Å². The molecule has 0 saturated carbocycles. The molecular weight excluding hydrogens is 336 g/mol. The fourth-order valence-electron chi connectivity index (χ4n) is 3.15. The third kappa shape index (κ3) is 4.45. The third-order valence-electron chi connectivity index (χ3n) is 4.85. The molecule has 0 radical (unpaired) electrons. The van der Waals surface area contributed by atoms with Crippen molar-refractivity contribution in [3.8, 4) is 5.75 Å². The summed E-state index contributed by atoms with van der Waals surface area (Å²) in [7, 11) is 1.64. The summed E-state index contributed by atoms with van der Waals surface area (Å²) in [4.78, 5) is 16.9. The molecule has 1 N–H and O–H groups in total. The average Bonchev–Trinajstić information content (AvgIpc) is 3.00. The Kier molecular flexibility index (Phi) is 5.75. The van der Waals surface area contributed by atoms with Gasteiger partial charge in [-0.2, -0.15) is 0 Å². The van der Waals surface area contributed by atoms with Crippen molar-refractivity contribution in [2.45, 2.75) is 39.5 Å². The Morgan fingerprint density at radius 2 is 1.93 bits per heavy atom. The zero-order chi connectivity index (χ0) is 19.4. The maximum absolute atomic E-state index is 12.4. The van der Waals surface area contributed by atoms with E-state index in [1.54, 1.807) is 13.2 Å². The van der Waals surface area contributed by atoms with Gasteiger partial charge in [-0.1, -0.05) is 44.2 Å². The molecule has 0 atom stereocenters. The highest BCUT2D eigenvalue weighted by Gasteiger charge is 2.20. The lowest BCUT2D eigenvalue weighted by atomic mass is 10.00. The molecule has 1 heterocycles. The fourth-order valence-corrected chi connectivity index (χ4v) is 3.15. The van der Waals surface area contributed by atoms with Crippen LogP contribution in [-0.2, 0) is 11.2 Å². The third-order valence-corrected chi connectivity index (χ3v) is 4.85. The lowest BCUT2D eigenvalue weighted by Crippen LogP contribution is -2.24. The first-order valence-corrected chi connectivity index (χ1v) is 9.31. The lowest BCUT2D eigenvalue weighted by molar-refractivity contribution is -0.115. The van der Waals surface area contributed by atoms with Crippen molar-refractivity contribution in [2.75, 3.05) is 7.11 Å². The standard InChI is InChI=1S/C23H26N2O2/c1-15(2)18-9-11-21(27-4)19(13-18)14-20-23(26)25-22(24-20)12-10-17-8-6-5-7-16(17)3/h5-9,11,13-15H,10,12H2,1-4H3,(H,24,25,26)/b20-14-. The number of nitrogens with one attached hydrogen (secondary N) is 1. The number of amides is 1. The van der Waals surface area contributed by atoms with E-state index in [-0.39, 0.29) is 5.91 Å². The predicted octanol–water partition coefficient (Wildman–Crippen LogP) is 4.63. The van der Waals surface area contributed by atoms with Crippen molar-refractivity contribution in [3.63, 3.8) is 0 Å². The minimum atomic E-state index is -0.160. The van der Waals surface area contributed by atoms with Crippen LogP contribution in [0.5, 0.6) is 5.75 Å². The molecule has 0 fully saturated rings. The SMILES string of the molecule is COc1ccc(C(C)C)cc1/C=C1\N=C(CCc2ccccc2C)NC1=O. The van der Waals surface area contributed by atoms with Gasteiger partial charge in [-0.25, -0.2) is 4.99 Å². The molecule has 4 nitrogen and oxygen atoms in total. The van der Waals surface area contributed by atoms with Gasteiger partial charge in [-0.3, -0.25) is 4.79 Å². The molecule has 0 saturated heterocycles. The van der Waals surface area contributed by atoms with E-state index >= 15 is 0 Å². The topological polar surface area (TPSA) is 50.7 Å². The Labute approximate surface area is 161 Å². The first kappa shape index (κ1) is 18.9. The Hall–Kier alpha value is -2.88. The molecule has 1 aliphatic rings. The highest BCUT2D eigenvalue weighted by Crippen LogP contribution is 2.27. The van der Waals surface area contributed by atoms with Crippen LogP contribution in [0.1, 0.15) is 48.4 Å². The van der Waals surface area contributed by atoms with E-state index < -0.39 is 0 Å². The fraction of sp³-hybridized carbons (Fsp3) is 0.304. The van der Waals surface area contributed by atoms with Crippen molar-refractivity contribution >= 4 is 17.8 Å². The van der Waals surface area contributed by atoms with Crippen LogP contribution in [0.2, 0.25) is 0 Å². The monoisotopic (exact) mass is 362 g/mol. The molecule has 0 aromatic heterocycles. The second-order valence-corrected chi connectivity index (χ2v) is 7.12. The van der Waals surface area contributed by atoms with Crippen LogP contribution < -0.4 is 10.1 Å². The van der Waals surface area contributed by atoms with E-state index in [1.807, 2.05) is 18.2 Å². The van der Waals surface area contributed by atoms with Crippen molar-refractivity contribution in [1.82, 2.24) is 5.32 Å². The first-order valence-electron chi connectivity index (χ1n) is 9.31. The van der Waals surface area contributed by atoms with Gasteiger partial charge >= 0.3 is 0 Å². The van der Waals surface area contributed by atoms with E-state index in [4.69, 9.17) is 4.74 Å². The smallest absolute Gasteiger partial charge is 0.275 e. The summed E-state index contributed by atoms with van der Waals surface area (Å²) in [5.41, 5.74) is 5.03. The summed E-state index contributed by atoms with van der Waals surface area (Å²) in [5, 5.41) is 2.89. The number of carbonyl (C=O) groups is 1. The molecule has 140 valence electrons. The summed E-state index contributed by atoms with van der Waals surface area (Å²) >= 11 is 0. The van der Waals surface area contributed by atoms with E-state index in [0.29, 0.717) is 23.9 Å². The van der Waals surface area contributed by atoms with Crippen LogP contribution in [-0.4, -0.2) is 18.9 Å². The molecule has 0 bridgehead atoms. The molecule has 1 amide bonds. The second-order valence-electron chi connectivity index (χ2n) is 7.12. The minimum Gasteiger partial charge on any atom is -0.496 e. The number of carbonyl (C=O) groups excluding carboxylic acids is 1. The average molecular weight is 362 g/mol.